The second-order valence-electron chi connectivity index (χ2n) is 7.04. The standard InChI is InChI=1S/C19H25N3O3/c1-3-14-7-9-15(10-8-14)20-16(23)12-22-17(24)19(21-18(22)25)11-5-4-6-13(19)2/h7-10,13H,3-6,11-12H2,1-2H3,(H,20,23)(H,21,25). The maximum absolute atomic E-state index is 12.8. The molecule has 0 bridgehead atoms. The molecule has 2 N–H and O–H groups in total. The Morgan fingerprint density at radius 3 is 2.64 bits per heavy atom. The number of benzene rings is 1. The number of hydrogen-bond acceptors (Lipinski definition) is 3. The van der Waals surface area contributed by atoms with Gasteiger partial charge in [-0.3, -0.25) is 14.5 Å². The van der Waals surface area contributed by atoms with Crippen LogP contribution in [0.3, 0.4) is 0 Å². The Hall–Kier alpha value is -2.37. The van der Waals surface area contributed by atoms with E-state index in [9.17, 15) is 14.4 Å². The molecule has 3 rings (SSSR count). The third-order valence-electron chi connectivity index (χ3n) is 5.45. The number of nitrogens with one attached hydrogen (secondary N) is 2. The van der Waals surface area contributed by atoms with Crippen LogP contribution in [-0.4, -0.2) is 34.8 Å². The second-order valence-corrected chi connectivity index (χ2v) is 7.04. The van der Waals surface area contributed by atoms with E-state index in [0.29, 0.717) is 12.1 Å². The summed E-state index contributed by atoms with van der Waals surface area (Å²) in [5.41, 5.74) is 1.02. The van der Waals surface area contributed by atoms with Gasteiger partial charge in [0.25, 0.3) is 5.91 Å². The van der Waals surface area contributed by atoms with Gasteiger partial charge in [0, 0.05) is 5.69 Å². The number of imide groups is 1. The van der Waals surface area contributed by atoms with E-state index in [1.165, 1.54) is 5.56 Å². The largest absolute Gasteiger partial charge is 0.325 e. The Morgan fingerprint density at radius 1 is 1.28 bits per heavy atom. The van der Waals surface area contributed by atoms with Crippen molar-refractivity contribution in [3.63, 3.8) is 0 Å². The van der Waals surface area contributed by atoms with E-state index in [-0.39, 0.29) is 24.3 Å². The van der Waals surface area contributed by atoms with E-state index in [4.69, 9.17) is 0 Å². The van der Waals surface area contributed by atoms with Gasteiger partial charge in [-0.25, -0.2) is 4.79 Å². The first-order valence-electron chi connectivity index (χ1n) is 8.99. The molecule has 1 aliphatic carbocycles. The minimum Gasteiger partial charge on any atom is -0.325 e. The number of amides is 4. The summed E-state index contributed by atoms with van der Waals surface area (Å²) in [6.07, 6.45) is 4.47. The van der Waals surface area contributed by atoms with Crippen LogP contribution in [0, 0.1) is 5.92 Å². The van der Waals surface area contributed by atoms with Crippen molar-refractivity contribution in [1.29, 1.82) is 0 Å². The van der Waals surface area contributed by atoms with Gasteiger partial charge >= 0.3 is 6.03 Å². The molecule has 0 aromatic heterocycles. The highest BCUT2D eigenvalue weighted by Crippen LogP contribution is 2.38. The summed E-state index contributed by atoms with van der Waals surface area (Å²) in [6, 6.07) is 7.08. The second kappa shape index (κ2) is 6.86. The average Bonchev–Trinajstić information content (AvgIpc) is 2.83. The number of hydrogen-bond donors (Lipinski definition) is 2. The highest BCUT2D eigenvalue weighted by molar-refractivity contribution is 6.10. The summed E-state index contributed by atoms with van der Waals surface area (Å²) >= 11 is 0. The van der Waals surface area contributed by atoms with Gasteiger partial charge < -0.3 is 10.6 Å². The first-order chi connectivity index (χ1) is 12.0. The number of carbonyl (C=O) groups is 3. The maximum atomic E-state index is 12.8. The van der Waals surface area contributed by atoms with Gasteiger partial charge in [-0.15, -0.1) is 0 Å². The third-order valence-corrected chi connectivity index (χ3v) is 5.45. The van der Waals surface area contributed by atoms with Crippen molar-refractivity contribution >= 4 is 23.5 Å². The van der Waals surface area contributed by atoms with Crippen LogP contribution in [-0.2, 0) is 16.0 Å². The number of carbonyl (C=O) groups excluding carboxylic acids is 3. The van der Waals surface area contributed by atoms with Crippen LogP contribution in [0.25, 0.3) is 0 Å². The normalized spacial score (nSPS) is 26.0. The van der Waals surface area contributed by atoms with E-state index >= 15 is 0 Å². The van der Waals surface area contributed by atoms with E-state index in [0.717, 1.165) is 30.6 Å². The first kappa shape index (κ1) is 17.5. The Balaban J connectivity index is 1.66. The van der Waals surface area contributed by atoms with Gasteiger partial charge in [0.05, 0.1) is 0 Å². The molecule has 2 fully saturated rings. The minimum atomic E-state index is -0.821. The summed E-state index contributed by atoms with van der Waals surface area (Å²) in [5, 5.41) is 5.61. The topological polar surface area (TPSA) is 78.5 Å². The smallest absolute Gasteiger partial charge is 0.325 e. The van der Waals surface area contributed by atoms with Crippen LogP contribution < -0.4 is 10.6 Å². The van der Waals surface area contributed by atoms with Crippen LogP contribution in [0.5, 0.6) is 0 Å². The third kappa shape index (κ3) is 3.25. The molecule has 2 unspecified atom stereocenters. The first-order valence-corrected chi connectivity index (χ1v) is 8.99. The Kier molecular flexibility index (Phi) is 4.79. The number of aryl methyl sites for hydroxylation is 1. The van der Waals surface area contributed by atoms with Crippen molar-refractivity contribution in [1.82, 2.24) is 10.2 Å². The van der Waals surface area contributed by atoms with Gasteiger partial charge in [0.1, 0.15) is 12.1 Å². The van der Waals surface area contributed by atoms with Crippen LogP contribution in [0.15, 0.2) is 24.3 Å². The van der Waals surface area contributed by atoms with Gasteiger partial charge in [0.15, 0.2) is 0 Å². The van der Waals surface area contributed by atoms with Gasteiger partial charge in [0.2, 0.25) is 5.91 Å². The predicted octanol–water partition coefficient (Wildman–Crippen LogP) is 2.69. The molecule has 2 atom stereocenters. The molecule has 6 nitrogen and oxygen atoms in total. The van der Waals surface area contributed by atoms with Crippen molar-refractivity contribution in [2.24, 2.45) is 5.92 Å². The predicted molar refractivity (Wildman–Crippen MR) is 95.1 cm³/mol. The molecule has 1 spiro atoms. The highest BCUT2D eigenvalue weighted by Gasteiger charge is 2.55. The lowest BCUT2D eigenvalue weighted by Crippen LogP contribution is -2.54. The Morgan fingerprint density at radius 2 is 2.00 bits per heavy atom. The molecule has 1 saturated carbocycles. The molecule has 1 aromatic rings. The fraction of sp³-hybridized carbons (Fsp3) is 0.526. The number of urea groups is 1. The van der Waals surface area contributed by atoms with E-state index in [1.807, 2.05) is 31.2 Å². The molecule has 134 valence electrons. The molecule has 1 aliphatic heterocycles. The zero-order valence-electron chi connectivity index (χ0n) is 14.8. The summed E-state index contributed by atoms with van der Waals surface area (Å²) in [5.74, 6) is -0.540. The van der Waals surface area contributed by atoms with E-state index in [1.54, 1.807) is 0 Å². The summed E-state index contributed by atoms with van der Waals surface area (Å²) in [7, 11) is 0. The van der Waals surface area contributed by atoms with Crippen molar-refractivity contribution in [2.45, 2.75) is 51.5 Å². The summed E-state index contributed by atoms with van der Waals surface area (Å²) < 4.78 is 0. The van der Waals surface area contributed by atoms with Crippen LogP contribution in [0.2, 0.25) is 0 Å². The summed E-state index contributed by atoms with van der Waals surface area (Å²) in [4.78, 5) is 38.5. The van der Waals surface area contributed by atoms with Crippen LogP contribution >= 0.6 is 0 Å². The van der Waals surface area contributed by atoms with Crippen molar-refractivity contribution in [3.05, 3.63) is 29.8 Å². The van der Waals surface area contributed by atoms with Crippen molar-refractivity contribution in [3.8, 4) is 0 Å². The fourth-order valence-corrected chi connectivity index (χ4v) is 3.81. The maximum Gasteiger partial charge on any atom is 0.325 e. The quantitative estimate of drug-likeness (QED) is 0.825. The van der Waals surface area contributed by atoms with Gasteiger partial charge in [-0.1, -0.05) is 38.8 Å². The molecule has 0 radical (unpaired) electrons. The molecule has 1 saturated heterocycles. The average molecular weight is 343 g/mol. The number of rotatable bonds is 4. The molecule has 1 heterocycles. The van der Waals surface area contributed by atoms with E-state index in [2.05, 4.69) is 17.6 Å². The van der Waals surface area contributed by atoms with Crippen LogP contribution in [0.1, 0.15) is 45.1 Å². The van der Waals surface area contributed by atoms with Crippen molar-refractivity contribution < 1.29 is 14.4 Å². The molecule has 4 amide bonds. The van der Waals surface area contributed by atoms with Crippen LogP contribution in [0.4, 0.5) is 10.5 Å². The molecular weight excluding hydrogens is 318 g/mol. The zero-order valence-corrected chi connectivity index (χ0v) is 14.8. The zero-order chi connectivity index (χ0) is 18.0. The SMILES string of the molecule is CCc1ccc(NC(=O)CN2C(=O)NC3(CCCCC3C)C2=O)cc1. The fourth-order valence-electron chi connectivity index (χ4n) is 3.81. The van der Waals surface area contributed by atoms with Gasteiger partial charge in [-0.2, -0.15) is 0 Å². The lowest BCUT2D eigenvalue weighted by Gasteiger charge is -2.36. The monoisotopic (exact) mass is 343 g/mol. The van der Waals surface area contributed by atoms with Gasteiger partial charge in [-0.05, 0) is 42.9 Å². The molecule has 25 heavy (non-hydrogen) atoms. The summed E-state index contributed by atoms with van der Waals surface area (Å²) in [6.45, 7) is 3.80. The van der Waals surface area contributed by atoms with E-state index < -0.39 is 11.6 Å². The van der Waals surface area contributed by atoms with Crippen molar-refractivity contribution in [2.75, 3.05) is 11.9 Å². The molecular formula is C19H25N3O3. The molecule has 1 aromatic carbocycles. The number of anilines is 1. The molecule has 6 heteroatoms. The Bertz CT molecular complexity index is 686. The minimum absolute atomic E-state index is 0.0901. The highest BCUT2D eigenvalue weighted by atomic mass is 16.2. The lowest BCUT2D eigenvalue weighted by atomic mass is 9.73. The lowest BCUT2D eigenvalue weighted by molar-refractivity contribution is -0.136. The molecule has 2 aliphatic rings. The number of nitrogens with zero attached hydrogens (tertiary/aromatic N) is 1. The Labute approximate surface area is 148 Å².